The molecule has 3 aromatic carbocycles. The summed E-state index contributed by atoms with van der Waals surface area (Å²) in [5.74, 6) is -1.70. The predicted molar refractivity (Wildman–Crippen MR) is 122 cm³/mol. The first-order chi connectivity index (χ1) is 15.5. The lowest BCUT2D eigenvalue weighted by molar-refractivity contribution is -0.136. The largest absolute Gasteiger partial charge is 0.493 e. The Hall–Kier alpha value is -3.72. The summed E-state index contributed by atoms with van der Waals surface area (Å²) in [5.41, 5.74) is 3.60. The molecule has 0 unspecified atom stereocenters. The second kappa shape index (κ2) is 11.1. The van der Waals surface area contributed by atoms with E-state index >= 15 is 0 Å². The minimum Gasteiger partial charge on any atom is -0.493 e. The van der Waals surface area contributed by atoms with Crippen molar-refractivity contribution in [2.75, 3.05) is 12.4 Å². The first kappa shape index (κ1) is 23.0. The monoisotopic (exact) mass is 499 g/mol. The molecule has 0 aromatic heterocycles. The molecule has 2 N–H and O–H groups in total. The number of hydrogen-bond acceptors (Lipinski definition) is 5. The third-order valence-corrected chi connectivity index (χ3v) is 4.73. The molecule has 0 bridgehead atoms. The van der Waals surface area contributed by atoms with E-state index in [1.165, 1.54) is 37.6 Å². The van der Waals surface area contributed by atoms with Crippen LogP contribution in [0.5, 0.6) is 11.5 Å². The molecule has 2 amide bonds. The molecule has 9 heteroatoms. The maximum absolute atomic E-state index is 13.6. The van der Waals surface area contributed by atoms with Crippen LogP contribution in [-0.4, -0.2) is 25.1 Å². The molecule has 164 valence electrons. The molecule has 32 heavy (non-hydrogen) atoms. The number of methoxy groups -OCH3 is 1. The third kappa shape index (κ3) is 6.39. The van der Waals surface area contributed by atoms with Crippen LogP contribution in [0, 0.1) is 5.82 Å². The first-order valence-electron chi connectivity index (χ1n) is 9.40. The van der Waals surface area contributed by atoms with E-state index in [4.69, 9.17) is 9.47 Å². The van der Waals surface area contributed by atoms with E-state index in [1.807, 2.05) is 24.3 Å². The topological polar surface area (TPSA) is 89.0 Å². The quantitative estimate of drug-likeness (QED) is 0.288. The summed E-state index contributed by atoms with van der Waals surface area (Å²) >= 11 is 3.39. The first-order valence-corrected chi connectivity index (χ1v) is 10.2. The molecule has 0 aliphatic rings. The lowest BCUT2D eigenvalue weighted by Gasteiger charge is -2.11. The number of ether oxygens (including phenoxy) is 2. The number of nitrogens with one attached hydrogen (secondary N) is 2. The second-order valence-electron chi connectivity index (χ2n) is 6.46. The summed E-state index contributed by atoms with van der Waals surface area (Å²) in [6.45, 7) is 0.365. The molecule has 0 aliphatic carbocycles. The Labute approximate surface area is 192 Å². The van der Waals surface area contributed by atoms with Crippen LogP contribution in [0.25, 0.3) is 0 Å². The number of carbonyl (C=O) groups excluding carboxylic acids is 2. The predicted octanol–water partition coefficient (Wildman–Crippen LogP) is 4.26. The van der Waals surface area contributed by atoms with Crippen molar-refractivity contribution in [3.63, 3.8) is 0 Å². The lowest BCUT2D eigenvalue weighted by Crippen LogP contribution is -2.32. The van der Waals surface area contributed by atoms with Crippen molar-refractivity contribution in [3.8, 4) is 11.5 Å². The molecule has 0 spiro atoms. The summed E-state index contributed by atoms with van der Waals surface area (Å²) in [4.78, 5) is 23.7. The van der Waals surface area contributed by atoms with Gasteiger partial charge >= 0.3 is 11.8 Å². The molecule has 3 aromatic rings. The zero-order chi connectivity index (χ0) is 22.9. The van der Waals surface area contributed by atoms with Gasteiger partial charge in [0.05, 0.1) is 19.0 Å². The lowest BCUT2D eigenvalue weighted by atomic mass is 10.2. The van der Waals surface area contributed by atoms with E-state index in [1.54, 1.807) is 18.2 Å². The normalized spacial score (nSPS) is 10.6. The zero-order valence-electron chi connectivity index (χ0n) is 17.0. The fraction of sp³-hybridized carbons (Fsp3) is 0.0870. The van der Waals surface area contributed by atoms with Crippen molar-refractivity contribution in [2.24, 2.45) is 5.10 Å². The molecule has 0 aliphatic heterocycles. The van der Waals surface area contributed by atoms with Crippen molar-refractivity contribution in [1.82, 2.24) is 5.43 Å². The maximum atomic E-state index is 13.6. The standard InChI is InChI=1S/C23H19BrFN3O4/c1-31-21-12-16(8-11-20(21)32-14-15-6-9-17(24)10-7-15)13-26-28-23(30)22(29)27-19-5-3-2-4-18(19)25/h2-13H,14H2,1H3,(H,27,29)(H,28,30)/b26-13-. The van der Waals surface area contributed by atoms with E-state index in [2.05, 4.69) is 31.8 Å². The van der Waals surface area contributed by atoms with Crippen LogP contribution in [0.3, 0.4) is 0 Å². The number of hydrazone groups is 1. The van der Waals surface area contributed by atoms with Crippen molar-refractivity contribution in [2.45, 2.75) is 6.61 Å². The zero-order valence-corrected chi connectivity index (χ0v) is 18.6. The molecule has 0 fully saturated rings. The van der Waals surface area contributed by atoms with E-state index in [-0.39, 0.29) is 5.69 Å². The average molecular weight is 500 g/mol. The summed E-state index contributed by atoms with van der Waals surface area (Å²) in [6.07, 6.45) is 1.34. The van der Waals surface area contributed by atoms with E-state index < -0.39 is 17.6 Å². The SMILES string of the molecule is COc1cc(/C=N\NC(=O)C(=O)Nc2ccccc2F)ccc1OCc1ccc(Br)cc1. The summed E-state index contributed by atoms with van der Waals surface area (Å²) < 4.78 is 25.7. The van der Waals surface area contributed by atoms with Gasteiger partial charge in [0.2, 0.25) is 0 Å². The number of amides is 2. The van der Waals surface area contributed by atoms with Crippen molar-refractivity contribution in [3.05, 3.63) is 88.1 Å². The fourth-order valence-corrected chi connectivity index (χ4v) is 2.85. The van der Waals surface area contributed by atoms with E-state index in [9.17, 15) is 14.0 Å². The number of para-hydroxylation sites is 1. The van der Waals surface area contributed by atoms with Crippen LogP contribution in [0.15, 0.2) is 76.3 Å². The number of carbonyl (C=O) groups is 2. The third-order valence-electron chi connectivity index (χ3n) is 4.20. The van der Waals surface area contributed by atoms with Crippen LogP contribution in [0.4, 0.5) is 10.1 Å². The Balaban J connectivity index is 1.57. The Morgan fingerprint density at radius 2 is 1.78 bits per heavy atom. The van der Waals surface area contributed by atoms with Gasteiger partial charge in [0, 0.05) is 4.47 Å². The van der Waals surface area contributed by atoms with Crippen LogP contribution in [0.1, 0.15) is 11.1 Å². The minimum atomic E-state index is -1.04. The van der Waals surface area contributed by atoms with Crippen LogP contribution in [-0.2, 0) is 16.2 Å². The molecule has 3 rings (SSSR count). The number of benzene rings is 3. The fourth-order valence-electron chi connectivity index (χ4n) is 2.58. The average Bonchev–Trinajstić information content (AvgIpc) is 2.80. The van der Waals surface area contributed by atoms with Gasteiger partial charge < -0.3 is 14.8 Å². The Morgan fingerprint density at radius 3 is 2.50 bits per heavy atom. The smallest absolute Gasteiger partial charge is 0.329 e. The highest BCUT2D eigenvalue weighted by atomic mass is 79.9. The molecule has 0 saturated carbocycles. The number of rotatable bonds is 7. The summed E-state index contributed by atoms with van der Waals surface area (Å²) in [6, 6.07) is 18.4. The van der Waals surface area contributed by atoms with E-state index in [0.29, 0.717) is 23.7 Å². The number of halogens is 2. The van der Waals surface area contributed by atoms with Crippen LogP contribution >= 0.6 is 15.9 Å². The molecule has 7 nitrogen and oxygen atoms in total. The minimum absolute atomic E-state index is 0.0971. The maximum Gasteiger partial charge on any atom is 0.329 e. The van der Waals surface area contributed by atoms with Crippen LogP contribution in [0.2, 0.25) is 0 Å². The van der Waals surface area contributed by atoms with Crippen molar-refractivity contribution >= 4 is 39.6 Å². The van der Waals surface area contributed by atoms with Crippen molar-refractivity contribution in [1.29, 1.82) is 0 Å². The van der Waals surface area contributed by atoms with E-state index in [0.717, 1.165) is 10.0 Å². The van der Waals surface area contributed by atoms with Gasteiger partial charge in [-0.3, -0.25) is 9.59 Å². The Bertz CT molecular complexity index is 1140. The highest BCUT2D eigenvalue weighted by molar-refractivity contribution is 9.10. The van der Waals surface area contributed by atoms with Gasteiger partial charge in [-0.2, -0.15) is 5.10 Å². The summed E-state index contributed by atoms with van der Waals surface area (Å²) in [7, 11) is 1.51. The number of nitrogens with zero attached hydrogens (tertiary/aromatic N) is 1. The second-order valence-corrected chi connectivity index (χ2v) is 7.37. The molecule has 0 radical (unpaired) electrons. The molecular formula is C23H19BrFN3O4. The van der Waals surface area contributed by atoms with Gasteiger partial charge in [0.1, 0.15) is 12.4 Å². The van der Waals surface area contributed by atoms with Gasteiger partial charge in [-0.1, -0.05) is 40.2 Å². The van der Waals surface area contributed by atoms with Crippen molar-refractivity contribution < 1.29 is 23.5 Å². The van der Waals surface area contributed by atoms with Gasteiger partial charge in [-0.15, -0.1) is 0 Å². The van der Waals surface area contributed by atoms with Gasteiger partial charge in [-0.05, 0) is 53.6 Å². The molecule has 0 saturated heterocycles. The highest BCUT2D eigenvalue weighted by Crippen LogP contribution is 2.28. The molecule has 0 heterocycles. The van der Waals surface area contributed by atoms with Gasteiger partial charge in [0.25, 0.3) is 0 Å². The highest BCUT2D eigenvalue weighted by Gasteiger charge is 2.14. The summed E-state index contributed by atoms with van der Waals surface area (Å²) in [5, 5.41) is 5.93. The Morgan fingerprint density at radius 1 is 1.03 bits per heavy atom. The Kier molecular flexibility index (Phi) is 7.93. The van der Waals surface area contributed by atoms with Gasteiger partial charge in [-0.25, -0.2) is 9.82 Å². The molecular weight excluding hydrogens is 481 g/mol. The van der Waals surface area contributed by atoms with Gasteiger partial charge in [0.15, 0.2) is 11.5 Å². The van der Waals surface area contributed by atoms with Crippen LogP contribution < -0.4 is 20.2 Å². The number of anilines is 1. The molecule has 0 atom stereocenters. The number of hydrogen-bond donors (Lipinski definition) is 2.